The fraction of sp³-hybridized carbons (Fsp3) is 0.300. The molecule has 2 aromatic heterocycles. The molecule has 0 atom stereocenters. The summed E-state index contributed by atoms with van der Waals surface area (Å²) in [4.78, 5) is 21.3. The summed E-state index contributed by atoms with van der Waals surface area (Å²) in [7, 11) is 2.08. The van der Waals surface area contributed by atoms with Gasteiger partial charge >= 0.3 is 0 Å². The molecule has 2 N–H and O–H groups in total. The van der Waals surface area contributed by atoms with Crippen molar-refractivity contribution in [3.8, 4) is 0 Å². The Balaban J connectivity index is 1.40. The van der Waals surface area contributed by atoms with Crippen LogP contribution in [-0.2, 0) is 26.1 Å². The van der Waals surface area contributed by atoms with E-state index < -0.39 is 0 Å². The summed E-state index contributed by atoms with van der Waals surface area (Å²) in [6.07, 6.45) is 1.01. The molecule has 27 heavy (non-hydrogen) atoms. The van der Waals surface area contributed by atoms with Crippen molar-refractivity contribution in [3.63, 3.8) is 0 Å². The zero-order chi connectivity index (χ0) is 18.6. The molecule has 5 nitrogen and oxygen atoms in total. The predicted molar refractivity (Wildman–Crippen MR) is 111 cm³/mol. The van der Waals surface area contributed by atoms with Gasteiger partial charge < -0.3 is 10.6 Å². The third-order valence-electron chi connectivity index (χ3n) is 4.52. The molecule has 0 aliphatic carbocycles. The first-order chi connectivity index (χ1) is 13.2. The maximum atomic E-state index is 12.6. The molecular weight excluding hydrogens is 376 g/mol. The van der Waals surface area contributed by atoms with Crippen LogP contribution in [0.5, 0.6) is 0 Å². The summed E-state index contributed by atoms with van der Waals surface area (Å²) in [5.74, 6) is -0.0256. The number of hydrogen-bond acceptors (Lipinski definition) is 6. The number of benzene rings is 1. The minimum atomic E-state index is -0.0256. The van der Waals surface area contributed by atoms with Crippen LogP contribution in [0.4, 0.5) is 5.69 Å². The summed E-state index contributed by atoms with van der Waals surface area (Å²) < 4.78 is 0. The molecule has 1 amide bonds. The van der Waals surface area contributed by atoms with Gasteiger partial charge in [0, 0.05) is 42.1 Å². The lowest BCUT2D eigenvalue weighted by molar-refractivity contribution is 0.103. The van der Waals surface area contributed by atoms with Crippen LogP contribution in [0.2, 0.25) is 0 Å². The van der Waals surface area contributed by atoms with E-state index in [-0.39, 0.29) is 5.91 Å². The van der Waals surface area contributed by atoms with Crippen molar-refractivity contribution >= 4 is 34.3 Å². The Hall–Kier alpha value is -2.06. The molecule has 4 rings (SSSR count). The number of amides is 1. The van der Waals surface area contributed by atoms with Gasteiger partial charge in [-0.05, 0) is 42.8 Å². The molecular formula is C20H22N4OS2. The summed E-state index contributed by atoms with van der Waals surface area (Å²) >= 11 is 3.23. The van der Waals surface area contributed by atoms with Gasteiger partial charge in [-0.1, -0.05) is 12.1 Å². The van der Waals surface area contributed by atoms with E-state index in [9.17, 15) is 4.79 Å². The van der Waals surface area contributed by atoms with E-state index in [4.69, 9.17) is 0 Å². The fourth-order valence-corrected chi connectivity index (χ4v) is 4.89. The van der Waals surface area contributed by atoms with Gasteiger partial charge in [0.1, 0.15) is 0 Å². The Morgan fingerprint density at radius 2 is 2.26 bits per heavy atom. The number of anilines is 1. The molecule has 0 saturated heterocycles. The Labute approximate surface area is 167 Å². The molecule has 1 aromatic carbocycles. The number of nitrogens with zero attached hydrogens (tertiary/aromatic N) is 2. The third kappa shape index (κ3) is 4.62. The first kappa shape index (κ1) is 18.3. The molecule has 1 aliphatic rings. The molecule has 0 radical (unpaired) electrons. The van der Waals surface area contributed by atoms with E-state index in [2.05, 4.69) is 39.0 Å². The van der Waals surface area contributed by atoms with Crippen LogP contribution >= 0.6 is 22.7 Å². The Bertz CT molecular complexity index is 896. The highest BCUT2D eigenvalue weighted by Gasteiger charge is 2.17. The number of rotatable bonds is 6. The normalized spacial score (nSPS) is 13.6. The van der Waals surface area contributed by atoms with Gasteiger partial charge in [-0.2, -0.15) is 0 Å². The number of aromatic nitrogens is 1. The minimum Gasteiger partial charge on any atom is -0.321 e. The van der Waals surface area contributed by atoms with Gasteiger partial charge in [0.15, 0.2) is 0 Å². The van der Waals surface area contributed by atoms with Crippen molar-refractivity contribution in [2.24, 2.45) is 0 Å². The zero-order valence-electron chi connectivity index (χ0n) is 15.2. The lowest BCUT2D eigenvalue weighted by Crippen LogP contribution is -2.21. The molecule has 1 aliphatic heterocycles. The van der Waals surface area contributed by atoms with Crippen molar-refractivity contribution in [1.82, 2.24) is 15.2 Å². The molecule has 0 spiro atoms. The van der Waals surface area contributed by atoms with Crippen molar-refractivity contribution in [3.05, 3.63) is 67.8 Å². The van der Waals surface area contributed by atoms with Gasteiger partial charge in [-0.15, -0.1) is 22.7 Å². The third-order valence-corrected chi connectivity index (χ3v) is 6.39. The highest BCUT2D eigenvalue weighted by atomic mass is 32.1. The molecule has 140 valence electrons. The van der Waals surface area contributed by atoms with Gasteiger partial charge in [0.25, 0.3) is 5.91 Å². The topological polar surface area (TPSA) is 57.3 Å². The van der Waals surface area contributed by atoms with E-state index in [0.717, 1.165) is 48.9 Å². The van der Waals surface area contributed by atoms with Crippen molar-refractivity contribution in [2.45, 2.75) is 26.1 Å². The summed E-state index contributed by atoms with van der Waals surface area (Å²) in [6, 6.07) is 10.1. The van der Waals surface area contributed by atoms with E-state index in [1.54, 1.807) is 22.7 Å². The van der Waals surface area contributed by atoms with Gasteiger partial charge in [0.05, 0.1) is 16.1 Å². The SMILES string of the molecule is CN(Cc1cccc(NC(=O)c2cc3c(s2)CCNC3)c1)Cc1cscn1. The Morgan fingerprint density at radius 3 is 3.07 bits per heavy atom. The quantitative estimate of drug-likeness (QED) is 0.664. The molecule has 0 fully saturated rings. The van der Waals surface area contributed by atoms with Crippen LogP contribution in [0, 0.1) is 0 Å². The van der Waals surface area contributed by atoms with Crippen molar-refractivity contribution < 1.29 is 4.79 Å². The van der Waals surface area contributed by atoms with E-state index >= 15 is 0 Å². The van der Waals surface area contributed by atoms with E-state index in [1.807, 2.05) is 29.8 Å². The predicted octanol–water partition coefficient (Wildman–Crippen LogP) is 3.73. The first-order valence-corrected chi connectivity index (χ1v) is 10.7. The van der Waals surface area contributed by atoms with Gasteiger partial charge in [0.2, 0.25) is 0 Å². The van der Waals surface area contributed by atoms with E-state index in [1.165, 1.54) is 16.0 Å². The molecule has 0 unspecified atom stereocenters. The van der Waals surface area contributed by atoms with Crippen LogP contribution < -0.4 is 10.6 Å². The number of carbonyl (C=O) groups is 1. The molecule has 3 aromatic rings. The van der Waals surface area contributed by atoms with Crippen LogP contribution in [-0.4, -0.2) is 29.4 Å². The molecule has 3 heterocycles. The second-order valence-electron chi connectivity index (χ2n) is 6.79. The second-order valence-corrected chi connectivity index (χ2v) is 8.65. The molecule has 7 heteroatoms. The average molecular weight is 399 g/mol. The maximum absolute atomic E-state index is 12.6. The smallest absolute Gasteiger partial charge is 0.265 e. The van der Waals surface area contributed by atoms with Gasteiger partial charge in [-0.3, -0.25) is 9.69 Å². The van der Waals surface area contributed by atoms with Crippen LogP contribution in [0.3, 0.4) is 0 Å². The average Bonchev–Trinajstić information content (AvgIpc) is 3.31. The monoisotopic (exact) mass is 398 g/mol. The van der Waals surface area contributed by atoms with Crippen molar-refractivity contribution in [1.29, 1.82) is 0 Å². The number of thiophene rings is 1. The number of hydrogen-bond donors (Lipinski definition) is 2. The maximum Gasteiger partial charge on any atom is 0.265 e. The highest BCUT2D eigenvalue weighted by molar-refractivity contribution is 7.14. The number of carbonyl (C=O) groups excluding carboxylic acids is 1. The highest BCUT2D eigenvalue weighted by Crippen LogP contribution is 2.26. The molecule has 0 saturated carbocycles. The number of fused-ring (bicyclic) bond motifs is 1. The standard InChI is InChI=1S/C20H22N4OS2/c1-24(11-17-12-26-13-22-17)10-14-3-2-4-16(7-14)23-20(25)19-8-15-9-21-6-5-18(15)27-19/h2-4,7-8,12-13,21H,5-6,9-11H2,1H3,(H,23,25). The summed E-state index contributed by atoms with van der Waals surface area (Å²) in [5.41, 5.74) is 6.21. The Kier molecular flexibility index (Phi) is 5.63. The fourth-order valence-electron chi connectivity index (χ4n) is 3.26. The lowest BCUT2D eigenvalue weighted by Gasteiger charge is -2.16. The zero-order valence-corrected chi connectivity index (χ0v) is 16.8. The minimum absolute atomic E-state index is 0.0256. The number of nitrogens with one attached hydrogen (secondary N) is 2. The van der Waals surface area contributed by atoms with Crippen LogP contribution in [0.15, 0.2) is 41.2 Å². The Morgan fingerprint density at radius 1 is 1.33 bits per heavy atom. The van der Waals surface area contributed by atoms with Gasteiger partial charge in [-0.25, -0.2) is 4.98 Å². The molecule has 0 bridgehead atoms. The second kappa shape index (κ2) is 8.31. The van der Waals surface area contributed by atoms with Crippen molar-refractivity contribution in [2.75, 3.05) is 18.9 Å². The first-order valence-electron chi connectivity index (χ1n) is 8.95. The van der Waals surface area contributed by atoms with Crippen LogP contribution in [0.25, 0.3) is 0 Å². The summed E-state index contributed by atoms with van der Waals surface area (Å²) in [5, 5.41) is 8.47. The number of thiazole rings is 1. The largest absolute Gasteiger partial charge is 0.321 e. The lowest BCUT2D eigenvalue weighted by atomic mass is 10.1. The van der Waals surface area contributed by atoms with E-state index in [0.29, 0.717) is 0 Å². The van der Waals surface area contributed by atoms with Crippen LogP contribution in [0.1, 0.15) is 31.4 Å². The summed E-state index contributed by atoms with van der Waals surface area (Å²) in [6.45, 7) is 3.47.